The van der Waals surface area contributed by atoms with Crippen LogP contribution in [0.3, 0.4) is 0 Å². The Labute approximate surface area is 90.0 Å². The molecule has 1 fully saturated rings. The van der Waals surface area contributed by atoms with E-state index in [1.807, 2.05) is 18.7 Å². The van der Waals surface area contributed by atoms with Crippen molar-refractivity contribution in [2.24, 2.45) is 17.6 Å². The third-order valence-electron chi connectivity index (χ3n) is 2.54. The quantitative estimate of drug-likeness (QED) is 0.640. The number of hydrogen-bond donors (Lipinski definition) is 2. The van der Waals surface area contributed by atoms with Crippen LogP contribution in [0.1, 0.15) is 13.8 Å². The van der Waals surface area contributed by atoms with Crippen molar-refractivity contribution in [3.05, 3.63) is 0 Å². The zero-order valence-corrected chi connectivity index (χ0v) is 9.32. The number of nitrogens with two attached hydrogens (primary N) is 1. The minimum Gasteiger partial charge on any atom is -0.355 e. The topological polar surface area (TPSA) is 75.4 Å². The highest BCUT2D eigenvalue weighted by Gasteiger charge is 2.31. The van der Waals surface area contributed by atoms with Gasteiger partial charge in [0.05, 0.1) is 6.54 Å². The van der Waals surface area contributed by atoms with Crippen LogP contribution in [0.4, 0.5) is 0 Å². The van der Waals surface area contributed by atoms with Crippen molar-refractivity contribution in [3.8, 4) is 0 Å². The second-order valence-corrected chi connectivity index (χ2v) is 4.27. The van der Waals surface area contributed by atoms with Gasteiger partial charge in [0.15, 0.2) is 0 Å². The molecule has 86 valence electrons. The van der Waals surface area contributed by atoms with Gasteiger partial charge in [0.2, 0.25) is 11.8 Å². The zero-order chi connectivity index (χ0) is 11.4. The zero-order valence-electron chi connectivity index (χ0n) is 9.32. The molecule has 2 amide bonds. The molecule has 0 aromatic rings. The van der Waals surface area contributed by atoms with Crippen LogP contribution in [0.25, 0.3) is 0 Å². The molecule has 0 atom stereocenters. The molecule has 0 spiro atoms. The van der Waals surface area contributed by atoms with E-state index in [1.54, 1.807) is 0 Å². The minimum atomic E-state index is -0.136. The van der Waals surface area contributed by atoms with Crippen LogP contribution in [0.2, 0.25) is 0 Å². The number of likely N-dealkylation sites (tertiary alicyclic amines) is 1. The van der Waals surface area contributed by atoms with Crippen LogP contribution < -0.4 is 11.1 Å². The molecule has 1 heterocycles. The normalized spacial score (nSPS) is 16.4. The van der Waals surface area contributed by atoms with Crippen molar-refractivity contribution in [1.82, 2.24) is 10.2 Å². The lowest BCUT2D eigenvalue weighted by Crippen LogP contribution is -2.55. The fraction of sp³-hybridized carbons (Fsp3) is 0.800. The van der Waals surface area contributed by atoms with Crippen molar-refractivity contribution in [2.75, 3.05) is 26.2 Å². The number of nitrogens with zero attached hydrogens (tertiary/aromatic N) is 1. The third kappa shape index (κ3) is 3.20. The van der Waals surface area contributed by atoms with Crippen LogP contribution in [-0.2, 0) is 9.59 Å². The standard InChI is InChI=1S/C10H19N3O2/c1-7(2)10(15)13-5-8(6-13)4-12-9(14)3-11/h7-8H,3-6,11H2,1-2H3,(H,12,14). The summed E-state index contributed by atoms with van der Waals surface area (Å²) in [4.78, 5) is 24.2. The molecule has 3 N–H and O–H groups in total. The molecular formula is C10H19N3O2. The average molecular weight is 213 g/mol. The molecule has 5 heteroatoms. The monoisotopic (exact) mass is 213 g/mol. The first-order valence-electron chi connectivity index (χ1n) is 5.30. The van der Waals surface area contributed by atoms with E-state index in [2.05, 4.69) is 5.32 Å². The number of carbonyl (C=O) groups excluding carboxylic acids is 2. The lowest BCUT2D eigenvalue weighted by atomic mass is 9.98. The second-order valence-electron chi connectivity index (χ2n) is 4.27. The van der Waals surface area contributed by atoms with E-state index in [0.29, 0.717) is 12.5 Å². The molecule has 0 aromatic carbocycles. The highest BCUT2D eigenvalue weighted by atomic mass is 16.2. The Balaban J connectivity index is 2.15. The Morgan fingerprint density at radius 1 is 1.47 bits per heavy atom. The first-order valence-corrected chi connectivity index (χ1v) is 5.30. The molecule has 1 aliphatic heterocycles. The second kappa shape index (κ2) is 5.11. The molecule has 0 bridgehead atoms. The number of amides is 2. The van der Waals surface area contributed by atoms with Crippen molar-refractivity contribution >= 4 is 11.8 Å². The van der Waals surface area contributed by atoms with Crippen molar-refractivity contribution in [2.45, 2.75) is 13.8 Å². The molecule has 0 radical (unpaired) electrons. The van der Waals surface area contributed by atoms with Gasteiger partial charge in [-0.3, -0.25) is 9.59 Å². The van der Waals surface area contributed by atoms with Gasteiger partial charge in [0.1, 0.15) is 0 Å². The third-order valence-corrected chi connectivity index (χ3v) is 2.54. The number of hydrogen-bond acceptors (Lipinski definition) is 3. The van der Waals surface area contributed by atoms with Gasteiger partial charge in [-0.15, -0.1) is 0 Å². The molecule has 1 rings (SSSR count). The Morgan fingerprint density at radius 2 is 2.07 bits per heavy atom. The molecular weight excluding hydrogens is 194 g/mol. The van der Waals surface area contributed by atoms with Gasteiger partial charge >= 0.3 is 0 Å². The predicted molar refractivity (Wildman–Crippen MR) is 57.0 cm³/mol. The molecule has 0 aliphatic carbocycles. The molecule has 15 heavy (non-hydrogen) atoms. The molecule has 0 saturated carbocycles. The summed E-state index contributed by atoms with van der Waals surface area (Å²) in [6.07, 6.45) is 0. The SMILES string of the molecule is CC(C)C(=O)N1CC(CNC(=O)CN)C1. The van der Waals surface area contributed by atoms with E-state index >= 15 is 0 Å². The summed E-state index contributed by atoms with van der Waals surface area (Å²) in [5.74, 6) is 0.507. The smallest absolute Gasteiger partial charge is 0.233 e. The molecule has 1 aliphatic rings. The van der Waals surface area contributed by atoms with Crippen LogP contribution in [0, 0.1) is 11.8 Å². The first kappa shape index (κ1) is 12.0. The summed E-state index contributed by atoms with van der Waals surface area (Å²) in [6.45, 7) is 5.95. The lowest BCUT2D eigenvalue weighted by molar-refractivity contribution is -0.140. The van der Waals surface area contributed by atoms with E-state index in [0.717, 1.165) is 13.1 Å². The summed E-state index contributed by atoms with van der Waals surface area (Å²) >= 11 is 0. The van der Waals surface area contributed by atoms with E-state index in [-0.39, 0.29) is 24.3 Å². The highest BCUT2D eigenvalue weighted by molar-refractivity contribution is 5.79. The minimum absolute atomic E-state index is 0.0291. The van der Waals surface area contributed by atoms with Gasteiger partial charge in [0, 0.05) is 31.5 Å². The van der Waals surface area contributed by atoms with Crippen LogP contribution in [0.15, 0.2) is 0 Å². The van der Waals surface area contributed by atoms with Crippen LogP contribution in [-0.4, -0.2) is 42.9 Å². The molecule has 0 aromatic heterocycles. The van der Waals surface area contributed by atoms with Gasteiger partial charge in [-0.2, -0.15) is 0 Å². The molecule has 1 saturated heterocycles. The van der Waals surface area contributed by atoms with Crippen LogP contribution >= 0.6 is 0 Å². The van der Waals surface area contributed by atoms with Crippen molar-refractivity contribution in [1.29, 1.82) is 0 Å². The lowest BCUT2D eigenvalue weighted by Gasteiger charge is -2.40. The fourth-order valence-electron chi connectivity index (χ4n) is 1.57. The molecule has 0 unspecified atom stereocenters. The maximum atomic E-state index is 11.5. The van der Waals surface area contributed by atoms with E-state index < -0.39 is 0 Å². The Bertz CT molecular complexity index is 247. The highest BCUT2D eigenvalue weighted by Crippen LogP contribution is 2.17. The Morgan fingerprint density at radius 3 is 2.53 bits per heavy atom. The Hall–Kier alpha value is -1.10. The largest absolute Gasteiger partial charge is 0.355 e. The predicted octanol–water partition coefficient (Wildman–Crippen LogP) is -0.824. The van der Waals surface area contributed by atoms with Crippen LogP contribution in [0.5, 0.6) is 0 Å². The van der Waals surface area contributed by atoms with Crippen molar-refractivity contribution in [3.63, 3.8) is 0 Å². The maximum absolute atomic E-state index is 11.5. The molecule has 5 nitrogen and oxygen atoms in total. The maximum Gasteiger partial charge on any atom is 0.233 e. The first-order chi connectivity index (χ1) is 7.04. The number of nitrogens with one attached hydrogen (secondary N) is 1. The number of carbonyl (C=O) groups is 2. The summed E-state index contributed by atoms with van der Waals surface area (Å²) in [5, 5.41) is 2.72. The Kier molecular flexibility index (Phi) is 4.08. The van der Waals surface area contributed by atoms with E-state index in [1.165, 1.54) is 0 Å². The van der Waals surface area contributed by atoms with Crippen molar-refractivity contribution < 1.29 is 9.59 Å². The van der Waals surface area contributed by atoms with Gasteiger partial charge in [-0.1, -0.05) is 13.8 Å². The van der Waals surface area contributed by atoms with E-state index in [9.17, 15) is 9.59 Å². The summed E-state index contributed by atoms with van der Waals surface area (Å²) in [7, 11) is 0. The summed E-state index contributed by atoms with van der Waals surface area (Å²) in [6, 6.07) is 0. The summed E-state index contributed by atoms with van der Waals surface area (Å²) < 4.78 is 0. The van der Waals surface area contributed by atoms with E-state index in [4.69, 9.17) is 5.73 Å². The van der Waals surface area contributed by atoms with Gasteiger partial charge in [-0.25, -0.2) is 0 Å². The number of rotatable bonds is 4. The summed E-state index contributed by atoms with van der Waals surface area (Å²) in [5.41, 5.74) is 5.16. The average Bonchev–Trinajstić information content (AvgIpc) is 2.14. The van der Waals surface area contributed by atoms with Gasteiger partial charge < -0.3 is 16.0 Å². The fourth-order valence-corrected chi connectivity index (χ4v) is 1.57. The van der Waals surface area contributed by atoms with Gasteiger partial charge in [-0.05, 0) is 0 Å². The van der Waals surface area contributed by atoms with Gasteiger partial charge in [0.25, 0.3) is 0 Å².